The molecule has 1 aliphatic carbocycles. The molecule has 1 aromatic carbocycles. The molecular formula is C16H17FN4O2S. The molecule has 8 heteroatoms. The molecular weight excluding hydrogens is 331 g/mol. The number of hydrogen-bond donors (Lipinski definition) is 3. The summed E-state index contributed by atoms with van der Waals surface area (Å²) < 4.78 is 12.9. The lowest BCUT2D eigenvalue weighted by molar-refractivity contribution is -0.119. The molecule has 1 atom stereocenters. The smallest absolute Gasteiger partial charge is 0.321 e. The van der Waals surface area contributed by atoms with Crippen LogP contribution in [0, 0.1) is 5.82 Å². The second kappa shape index (κ2) is 7.04. The van der Waals surface area contributed by atoms with Crippen LogP contribution in [0.3, 0.4) is 0 Å². The molecule has 1 aliphatic rings. The molecule has 24 heavy (non-hydrogen) atoms. The molecule has 1 fully saturated rings. The van der Waals surface area contributed by atoms with Gasteiger partial charge in [-0.1, -0.05) is 11.8 Å². The SMILES string of the molecule is CC(Sc1ncc(-c2ccc(F)cc2)[nH]1)C(=O)NC(=O)NC1CC1. The molecule has 0 radical (unpaired) electrons. The third-order valence-corrected chi connectivity index (χ3v) is 4.51. The summed E-state index contributed by atoms with van der Waals surface area (Å²) in [5, 5.41) is 5.09. The number of H-pyrrole nitrogens is 1. The fourth-order valence-electron chi connectivity index (χ4n) is 2.02. The van der Waals surface area contributed by atoms with Gasteiger partial charge in [-0.15, -0.1) is 0 Å². The van der Waals surface area contributed by atoms with Gasteiger partial charge in [-0.05, 0) is 49.6 Å². The number of nitrogens with one attached hydrogen (secondary N) is 3. The number of thioether (sulfide) groups is 1. The minimum Gasteiger partial charge on any atom is -0.335 e. The summed E-state index contributed by atoms with van der Waals surface area (Å²) >= 11 is 1.21. The molecule has 0 aliphatic heterocycles. The van der Waals surface area contributed by atoms with Crippen LogP contribution in [0.25, 0.3) is 11.3 Å². The van der Waals surface area contributed by atoms with Crippen molar-refractivity contribution in [3.05, 3.63) is 36.3 Å². The first-order chi connectivity index (χ1) is 11.5. The Morgan fingerprint density at radius 3 is 2.71 bits per heavy atom. The Bertz CT molecular complexity index is 743. The van der Waals surface area contributed by atoms with Crippen LogP contribution in [0.2, 0.25) is 0 Å². The molecule has 0 bridgehead atoms. The lowest BCUT2D eigenvalue weighted by atomic mass is 10.2. The van der Waals surface area contributed by atoms with Gasteiger partial charge in [-0.3, -0.25) is 10.1 Å². The number of imidazole rings is 1. The average molecular weight is 348 g/mol. The maximum absolute atomic E-state index is 12.9. The molecule has 0 spiro atoms. The highest BCUT2D eigenvalue weighted by molar-refractivity contribution is 8.00. The summed E-state index contributed by atoms with van der Waals surface area (Å²) in [5.41, 5.74) is 1.54. The van der Waals surface area contributed by atoms with Crippen molar-refractivity contribution in [2.45, 2.75) is 36.2 Å². The number of aromatic nitrogens is 2. The van der Waals surface area contributed by atoms with E-state index in [0.717, 1.165) is 24.1 Å². The van der Waals surface area contributed by atoms with Crippen molar-refractivity contribution >= 4 is 23.7 Å². The van der Waals surface area contributed by atoms with Crippen LogP contribution in [0.4, 0.5) is 9.18 Å². The molecule has 1 aromatic heterocycles. The molecule has 1 saturated carbocycles. The van der Waals surface area contributed by atoms with Crippen LogP contribution in [0.15, 0.2) is 35.6 Å². The fourth-order valence-corrected chi connectivity index (χ4v) is 2.81. The summed E-state index contributed by atoms with van der Waals surface area (Å²) in [4.78, 5) is 30.9. The molecule has 126 valence electrons. The number of hydrogen-bond acceptors (Lipinski definition) is 4. The minimum atomic E-state index is -0.484. The van der Waals surface area contributed by atoms with Crippen molar-refractivity contribution in [2.24, 2.45) is 0 Å². The maximum Gasteiger partial charge on any atom is 0.321 e. The highest BCUT2D eigenvalue weighted by atomic mass is 32.2. The third kappa shape index (κ3) is 4.35. The largest absolute Gasteiger partial charge is 0.335 e. The molecule has 3 rings (SSSR count). The molecule has 6 nitrogen and oxygen atoms in total. The number of amides is 3. The van der Waals surface area contributed by atoms with E-state index in [-0.39, 0.29) is 17.8 Å². The Balaban J connectivity index is 1.56. The van der Waals surface area contributed by atoms with Gasteiger partial charge < -0.3 is 10.3 Å². The Kier molecular flexibility index (Phi) is 4.84. The Morgan fingerprint density at radius 1 is 1.33 bits per heavy atom. The Morgan fingerprint density at radius 2 is 2.04 bits per heavy atom. The highest BCUT2D eigenvalue weighted by Gasteiger charge is 2.25. The predicted molar refractivity (Wildman–Crippen MR) is 89.0 cm³/mol. The van der Waals surface area contributed by atoms with Crippen LogP contribution in [0.1, 0.15) is 19.8 Å². The van der Waals surface area contributed by atoms with E-state index >= 15 is 0 Å². The number of aromatic amines is 1. The lowest BCUT2D eigenvalue weighted by Gasteiger charge is -2.10. The first-order valence-electron chi connectivity index (χ1n) is 7.60. The zero-order chi connectivity index (χ0) is 17.1. The van der Waals surface area contributed by atoms with Gasteiger partial charge in [0, 0.05) is 6.04 Å². The zero-order valence-corrected chi connectivity index (χ0v) is 13.8. The molecule has 2 aromatic rings. The van der Waals surface area contributed by atoms with E-state index in [2.05, 4.69) is 20.6 Å². The van der Waals surface area contributed by atoms with Crippen LogP contribution in [-0.2, 0) is 4.79 Å². The first kappa shape index (κ1) is 16.5. The number of benzene rings is 1. The van der Waals surface area contributed by atoms with Crippen molar-refractivity contribution in [3.8, 4) is 11.3 Å². The number of imide groups is 1. The summed E-state index contributed by atoms with van der Waals surface area (Å²) in [7, 11) is 0. The summed E-state index contributed by atoms with van der Waals surface area (Å²) in [6.45, 7) is 1.70. The molecule has 1 heterocycles. The van der Waals surface area contributed by atoms with Crippen LogP contribution in [0.5, 0.6) is 0 Å². The second-order valence-corrected chi connectivity index (χ2v) is 6.94. The van der Waals surface area contributed by atoms with Crippen molar-refractivity contribution < 1.29 is 14.0 Å². The molecule has 1 unspecified atom stereocenters. The highest BCUT2D eigenvalue weighted by Crippen LogP contribution is 2.24. The van der Waals surface area contributed by atoms with Crippen molar-refractivity contribution in [3.63, 3.8) is 0 Å². The number of halogens is 1. The number of nitrogens with zero attached hydrogens (tertiary/aromatic N) is 1. The van der Waals surface area contributed by atoms with Gasteiger partial charge in [-0.2, -0.15) is 0 Å². The quantitative estimate of drug-likeness (QED) is 0.725. The number of rotatable bonds is 5. The van der Waals surface area contributed by atoms with Crippen LogP contribution < -0.4 is 10.6 Å². The van der Waals surface area contributed by atoms with E-state index < -0.39 is 11.3 Å². The normalized spacial score (nSPS) is 14.9. The fraction of sp³-hybridized carbons (Fsp3) is 0.312. The van der Waals surface area contributed by atoms with E-state index in [9.17, 15) is 14.0 Å². The second-order valence-electron chi connectivity index (χ2n) is 5.61. The van der Waals surface area contributed by atoms with Crippen LogP contribution >= 0.6 is 11.8 Å². The van der Waals surface area contributed by atoms with Gasteiger partial charge in [0.15, 0.2) is 5.16 Å². The van der Waals surface area contributed by atoms with Gasteiger partial charge in [0.2, 0.25) is 5.91 Å². The Hall–Kier alpha value is -2.35. The van der Waals surface area contributed by atoms with Gasteiger partial charge in [0.05, 0.1) is 17.1 Å². The summed E-state index contributed by atoms with van der Waals surface area (Å²) in [6.07, 6.45) is 3.55. The minimum absolute atomic E-state index is 0.198. The lowest BCUT2D eigenvalue weighted by Crippen LogP contribution is -2.43. The van der Waals surface area contributed by atoms with Crippen molar-refractivity contribution in [2.75, 3.05) is 0 Å². The predicted octanol–water partition coefficient (Wildman–Crippen LogP) is 2.68. The van der Waals surface area contributed by atoms with E-state index in [4.69, 9.17) is 0 Å². The summed E-state index contributed by atoms with van der Waals surface area (Å²) in [5.74, 6) is -0.680. The number of carbonyl (C=O) groups is 2. The zero-order valence-electron chi connectivity index (χ0n) is 13.0. The van der Waals surface area contributed by atoms with Crippen LogP contribution in [-0.4, -0.2) is 33.2 Å². The number of carbonyl (C=O) groups excluding carboxylic acids is 2. The van der Waals surface area contributed by atoms with Crippen molar-refractivity contribution in [1.82, 2.24) is 20.6 Å². The van der Waals surface area contributed by atoms with E-state index in [1.807, 2.05) is 0 Å². The monoisotopic (exact) mass is 348 g/mol. The van der Waals surface area contributed by atoms with Gasteiger partial charge in [0.25, 0.3) is 0 Å². The Labute approximate surface area is 142 Å². The molecule has 0 saturated heterocycles. The topological polar surface area (TPSA) is 86.9 Å². The maximum atomic E-state index is 12.9. The summed E-state index contributed by atoms with van der Waals surface area (Å²) in [6, 6.07) is 5.78. The van der Waals surface area contributed by atoms with Gasteiger partial charge in [0.1, 0.15) is 5.82 Å². The van der Waals surface area contributed by atoms with E-state index in [0.29, 0.717) is 5.16 Å². The first-order valence-corrected chi connectivity index (χ1v) is 8.48. The van der Waals surface area contributed by atoms with Gasteiger partial charge >= 0.3 is 6.03 Å². The number of urea groups is 1. The third-order valence-electron chi connectivity index (χ3n) is 3.51. The van der Waals surface area contributed by atoms with Gasteiger partial charge in [-0.25, -0.2) is 14.2 Å². The van der Waals surface area contributed by atoms with Crippen molar-refractivity contribution in [1.29, 1.82) is 0 Å². The molecule has 3 N–H and O–H groups in total. The standard InChI is InChI=1S/C16H17FN4O2S/c1-9(14(22)21-15(23)19-12-6-7-12)24-16-18-8-13(20-16)10-2-4-11(17)5-3-10/h2-5,8-9,12H,6-7H2,1H3,(H,18,20)(H2,19,21,22,23). The van der Waals surface area contributed by atoms with E-state index in [1.165, 1.54) is 23.9 Å². The van der Waals surface area contributed by atoms with E-state index in [1.54, 1.807) is 25.3 Å². The average Bonchev–Trinajstić information content (AvgIpc) is 3.23. The molecule has 3 amide bonds.